The SMILES string of the molecule is Cc1ccc(SCC(F)(F)F)c(NCC2(CO)COC2)c1. The van der Waals surface area contributed by atoms with Gasteiger partial charge in [0.25, 0.3) is 0 Å². The molecular weight excluding hydrogens is 303 g/mol. The molecule has 2 N–H and O–H groups in total. The molecule has 0 atom stereocenters. The van der Waals surface area contributed by atoms with Crippen molar-refractivity contribution in [3.63, 3.8) is 0 Å². The van der Waals surface area contributed by atoms with E-state index in [1.165, 1.54) is 0 Å². The number of halogens is 3. The monoisotopic (exact) mass is 321 g/mol. The highest BCUT2D eigenvalue weighted by atomic mass is 32.2. The van der Waals surface area contributed by atoms with Crippen LogP contribution in [0.3, 0.4) is 0 Å². The van der Waals surface area contributed by atoms with Gasteiger partial charge in [-0.1, -0.05) is 6.07 Å². The number of hydrogen-bond acceptors (Lipinski definition) is 4. The average Bonchev–Trinajstić information content (AvgIpc) is 2.36. The minimum absolute atomic E-state index is 0.00313. The topological polar surface area (TPSA) is 41.5 Å². The number of alkyl halides is 3. The number of aliphatic hydroxyl groups is 1. The van der Waals surface area contributed by atoms with Gasteiger partial charge in [0.1, 0.15) is 0 Å². The predicted molar refractivity (Wildman–Crippen MR) is 76.8 cm³/mol. The summed E-state index contributed by atoms with van der Waals surface area (Å²) in [5, 5.41) is 12.5. The summed E-state index contributed by atoms with van der Waals surface area (Å²) in [7, 11) is 0. The Labute approximate surface area is 125 Å². The zero-order valence-corrected chi connectivity index (χ0v) is 12.5. The van der Waals surface area contributed by atoms with Crippen LogP contribution in [0.4, 0.5) is 18.9 Å². The molecule has 0 unspecified atom stereocenters. The molecule has 0 radical (unpaired) electrons. The molecule has 0 bridgehead atoms. The van der Waals surface area contributed by atoms with Gasteiger partial charge in [0.15, 0.2) is 0 Å². The predicted octanol–water partition coefficient (Wildman–Crippen LogP) is 3.07. The number of hydrogen-bond donors (Lipinski definition) is 2. The number of aliphatic hydroxyl groups excluding tert-OH is 1. The third-order valence-corrected chi connectivity index (χ3v) is 4.47. The molecule has 2 rings (SSSR count). The van der Waals surface area contributed by atoms with Crippen molar-refractivity contribution in [3.05, 3.63) is 23.8 Å². The van der Waals surface area contributed by atoms with E-state index in [-0.39, 0.29) is 12.0 Å². The number of nitrogens with one attached hydrogen (secondary N) is 1. The van der Waals surface area contributed by atoms with Gasteiger partial charge >= 0.3 is 6.18 Å². The lowest BCUT2D eigenvalue weighted by Crippen LogP contribution is -2.50. The van der Waals surface area contributed by atoms with Gasteiger partial charge in [-0.25, -0.2) is 0 Å². The first-order valence-electron chi connectivity index (χ1n) is 6.56. The fraction of sp³-hybridized carbons (Fsp3) is 0.571. The zero-order chi connectivity index (χ0) is 15.5. The molecule has 0 aromatic heterocycles. The van der Waals surface area contributed by atoms with Gasteiger partial charge in [-0.05, 0) is 24.6 Å². The molecule has 21 heavy (non-hydrogen) atoms. The minimum Gasteiger partial charge on any atom is -0.396 e. The average molecular weight is 321 g/mol. The molecule has 0 amide bonds. The smallest absolute Gasteiger partial charge is 0.396 e. The molecule has 1 heterocycles. The summed E-state index contributed by atoms with van der Waals surface area (Å²) >= 11 is 0.765. The van der Waals surface area contributed by atoms with Crippen LogP contribution >= 0.6 is 11.8 Å². The molecule has 118 valence electrons. The number of aryl methyl sites for hydroxylation is 1. The Morgan fingerprint density at radius 1 is 1.38 bits per heavy atom. The highest BCUT2D eigenvalue weighted by Crippen LogP contribution is 2.34. The minimum atomic E-state index is -4.19. The Morgan fingerprint density at radius 2 is 2.10 bits per heavy atom. The first-order valence-corrected chi connectivity index (χ1v) is 7.55. The number of ether oxygens (including phenoxy) is 1. The second-order valence-electron chi connectivity index (χ2n) is 5.41. The van der Waals surface area contributed by atoms with Crippen molar-refractivity contribution >= 4 is 17.4 Å². The highest BCUT2D eigenvalue weighted by Gasteiger charge is 2.38. The number of thioether (sulfide) groups is 1. The van der Waals surface area contributed by atoms with Crippen LogP contribution in [0.15, 0.2) is 23.1 Å². The molecule has 1 aliphatic rings. The Bertz CT molecular complexity index is 484. The Hall–Kier alpha value is -0.920. The van der Waals surface area contributed by atoms with Gasteiger partial charge in [-0.15, -0.1) is 11.8 Å². The van der Waals surface area contributed by atoms with Crippen molar-refractivity contribution in [2.24, 2.45) is 5.41 Å². The van der Waals surface area contributed by atoms with Crippen LogP contribution in [0.5, 0.6) is 0 Å². The Balaban J connectivity index is 2.04. The van der Waals surface area contributed by atoms with E-state index in [1.54, 1.807) is 12.1 Å². The largest absolute Gasteiger partial charge is 0.398 e. The first kappa shape index (κ1) is 16.5. The van der Waals surface area contributed by atoms with E-state index >= 15 is 0 Å². The van der Waals surface area contributed by atoms with Gasteiger partial charge < -0.3 is 15.2 Å². The Kier molecular flexibility index (Phi) is 5.06. The van der Waals surface area contributed by atoms with Crippen LogP contribution in [0.1, 0.15) is 5.56 Å². The van der Waals surface area contributed by atoms with Crippen LogP contribution in [0, 0.1) is 12.3 Å². The van der Waals surface area contributed by atoms with E-state index in [1.807, 2.05) is 13.0 Å². The summed E-state index contributed by atoms with van der Waals surface area (Å²) in [6.45, 7) is 3.29. The normalized spacial score (nSPS) is 17.4. The molecular formula is C14H18F3NO2S. The molecule has 1 aliphatic heterocycles. The lowest BCUT2D eigenvalue weighted by Gasteiger charge is -2.40. The lowest BCUT2D eigenvalue weighted by atomic mass is 9.87. The molecule has 7 heteroatoms. The molecule has 3 nitrogen and oxygen atoms in total. The summed E-state index contributed by atoms with van der Waals surface area (Å²) in [6, 6.07) is 5.30. The van der Waals surface area contributed by atoms with Gasteiger partial charge in [-0.2, -0.15) is 13.2 Å². The maximum absolute atomic E-state index is 12.4. The Morgan fingerprint density at radius 3 is 2.62 bits per heavy atom. The number of rotatable bonds is 6. The number of anilines is 1. The third-order valence-electron chi connectivity index (χ3n) is 3.33. The summed E-state index contributed by atoms with van der Waals surface area (Å²) < 4.78 is 42.2. The van der Waals surface area contributed by atoms with Crippen LogP contribution in [0.25, 0.3) is 0 Å². The fourth-order valence-electron chi connectivity index (χ4n) is 1.99. The summed E-state index contributed by atoms with van der Waals surface area (Å²) in [4.78, 5) is 0.561. The molecule has 0 spiro atoms. The van der Waals surface area contributed by atoms with Crippen molar-refractivity contribution in [1.82, 2.24) is 0 Å². The third kappa shape index (κ3) is 4.52. The first-order chi connectivity index (χ1) is 9.84. The van der Waals surface area contributed by atoms with Crippen molar-refractivity contribution < 1.29 is 23.0 Å². The summed E-state index contributed by atoms with van der Waals surface area (Å²) in [5.74, 6) is -0.918. The van der Waals surface area contributed by atoms with E-state index in [4.69, 9.17) is 4.74 Å². The summed E-state index contributed by atoms with van der Waals surface area (Å²) in [5.41, 5.74) is 1.32. The zero-order valence-electron chi connectivity index (χ0n) is 11.7. The van der Waals surface area contributed by atoms with Gasteiger partial charge in [0.05, 0.1) is 31.0 Å². The van der Waals surface area contributed by atoms with Crippen molar-refractivity contribution in [3.8, 4) is 0 Å². The summed E-state index contributed by atoms with van der Waals surface area (Å²) in [6.07, 6.45) is -4.19. The van der Waals surface area contributed by atoms with Crippen LogP contribution in [0.2, 0.25) is 0 Å². The highest BCUT2D eigenvalue weighted by molar-refractivity contribution is 7.99. The van der Waals surface area contributed by atoms with Crippen LogP contribution in [-0.2, 0) is 4.74 Å². The van der Waals surface area contributed by atoms with Gasteiger partial charge in [0.2, 0.25) is 0 Å². The molecule has 1 aromatic carbocycles. The van der Waals surface area contributed by atoms with E-state index in [2.05, 4.69) is 5.32 Å². The van der Waals surface area contributed by atoms with Crippen LogP contribution in [-0.4, -0.2) is 43.4 Å². The lowest BCUT2D eigenvalue weighted by molar-refractivity contribution is -0.128. The maximum Gasteiger partial charge on any atom is 0.398 e. The van der Waals surface area contributed by atoms with Crippen LogP contribution < -0.4 is 5.32 Å². The molecule has 1 saturated heterocycles. The van der Waals surface area contributed by atoms with Crippen molar-refractivity contribution in [2.45, 2.75) is 18.0 Å². The molecule has 1 fully saturated rings. The second-order valence-corrected chi connectivity index (χ2v) is 6.43. The molecule has 0 saturated carbocycles. The number of benzene rings is 1. The quantitative estimate of drug-likeness (QED) is 0.790. The maximum atomic E-state index is 12.4. The molecule has 1 aromatic rings. The van der Waals surface area contributed by atoms with E-state index < -0.39 is 11.9 Å². The van der Waals surface area contributed by atoms with Gasteiger partial charge in [0, 0.05) is 17.1 Å². The van der Waals surface area contributed by atoms with Crippen molar-refractivity contribution in [2.75, 3.05) is 37.4 Å². The van der Waals surface area contributed by atoms with E-state index in [9.17, 15) is 18.3 Å². The van der Waals surface area contributed by atoms with Gasteiger partial charge in [-0.3, -0.25) is 0 Å². The fourth-order valence-corrected chi connectivity index (χ4v) is 2.76. The molecule has 0 aliphatic carbocycles. The standard InChI is InChI=1S/C14H18F3NO2S/c1-10-2-3-12(21-9-14(15,16)17)11(4-10)18-5-13(6-19)7-20-8-13/h2-4,18-19H,5-9H2,1H3. The van der Waals surface area contributed by atoms with E-state index in [0.29, 0.717) is 30.3 Å². The second kappa shape index (κ2) is 6.46. The van der Waals surface area contributed by atoms with Crippen molar-refractivity contribution in [1.29, 1.82) is 0 Å². The van der Waals surface area contributed by atoms with E-state index in [0.717, 1.165) is 17.3 Å².